The number of nitrogens with one attached hydrogen (secondary N) is 1. The van der Waals surface area contributed by atoms with Crippen LogP contribution in [0.5, 0.6) is 5.75 Å². The Morgan fingerprint density at radius 2 is 2.06 bits per heavy atom. The first-order valence-corrected chi connectivity index (χ1v) is 4.33. The Balaban J connectivity index is 2.83. The molecule has 0 saturated heterocycles. The van der Waals surface area contributed by atoms with Crippen molar-refractivity contribution in [2.75, 3.05) is 12.8 Å². The number of nitrogens with zero attached hydrogens (tertiary/aromatic N) is 1. The molecule has 0 aliphatic rings. The number of hydrogen-bond acceptors (Lipinski definition) is 3. The molecule has 1 heterocycles. The van der Waals surface area contributed by atoms with Gasteiger partial charge >= 0.3 is 6.18 Å². The number of alkyl halides is 3. The summed E-state index contributed by atoms with van der Waals surface area (Å²) in [6.07, 6.45) is -4.54. The number of H-pyrrole nitrogens is 1. The van der Waals surface area contributed by atoms with E-state index < -0.39 is 11.7 Å². The molecule has 0 amide bonds. The van der Waals surface area contributed by atoms with E-state index in [9.17, 15) is 13.2 Å². The van der Waals surface area contributed by atoms with Gasteiger partial charge in [0.05, 0.1) is 12.6 Å². The highest BCUT2D eigenvalue weighted by Gasteiger charge is 2.37. The standard InChI is InChI=1S/C9H8F3N3O/c1-16-5-3-2-4-7(15-8(13)14-4)6(5)9(10,11)12/h2-3H,1H3,(H3,13,14,15). The van der Waals surface area contributed by atoms with Gasteiger partial charge in [-0.3, -0.25) is 0 Å². The predicted octanol–water partition coefficient (Wildman–Crippen LogP) is 2.17. The molecular formula is C9H8F3N3O. The molecule has 16 heavy (non-hydrogen) atoms. The van der Waals surface area contributed by atoms with Crippen molar-refractivity contribution in [3.8, 4) is 5.75 Å². The van der Waals surface area contributed by atoms with Crippen LogP contribution >= 0.6 is 0 Å². The molecule has 1 aromatic carbocycles. The molecule has 0 radical (unpaired) electrons. The maximum Gasteiger partial charge on any atom is 0.422 e. The number of aromatic nitrogens is 2. The third kappa shape index (κ3) is 1.54. The van der Waals surface area contributed by atoms with Crippen LogP contribution in [0.2, 0.25) is 0 Å². The molecule has 0 aliphatic carbocycles. The minimum atomic E-state index is -4.54. The quantitative estimate of drug-likeness (QED) is 0.790. The summed E-state index contributed by atoms with van der Waals surface area (Å²) >= 11 is 0. The van der Waals surface area contributed by atoms with Gasteiger partial charge in [0.1, 0.15) is 16.8 Å². The van der Waals surface area contributed by atoms with Crippen LogP contribution < -0.4 is 10.5 Å². The monoisotopic (exact) mass is 231 g/mol. The SMILES string of the molecule is COc1ccc2[nH]c(N)nc2c1C(F)(F)F. The van der Waals surface area contributed by atoms with E-state index in [1.165, 1.54) is 19.2 Å². The predicted molar refractivity (Wildman–Crippen MR) is 52.1 cm³/mol. The van der Waals surface area contributed by atoms with Crippen LogP contribution in [0.1, 0.15) is 5.56 Å². The number of hydrogen-bond donors (Lipinski definition) is 2. The summed E-state index contributed by atoms with van der Waals surface area (Å²) in [6.45, 7) is 0. The van der Waals surface area contributed by atoms with Gasteiger partial charge in [-0.05, 0) is 12.1 Å². The smallest absolute Gasteiger partial charge is 0.422 e. The first kappa shape index (κ1) is 10.6. The Kier molecular flexibility index (Phi) is 2.18. The van der Waals surface area contributed by atoms with Gasteiger partial charge in [0, 0.05) is 0 Å². The zero-order valence-corrected chi connectivity index (χ0v) is 8.22. The highest BCUT2D eigenvalue weighted by atomic mass is 19.4. The Morgan fingerprint density at radius 1 is 1.38 bits per heavy atom. The molecule has 4 nitrogen and oxygen atoms in total. The van der Waals surface area contributed by atoms with Crippen LogP contribution in [0, 0.1) is 0 Å². The molecule has 2 rings (SSSR count). The fourth-order valence-corrected chi connectivity index (χ4v) is 1.52. The van der Waals surface area contributed by atoms with E-state index in [0.29, 0.717) is 0 Å². The molecule has 0 atom stereocenters. The summed E-state index contributed by atoms with van der Waals surface area (Å²) in [4.78, 5) is 6.14. The van der Waals surface area contributed by atoms with E-state index in [0.717, 1.165) is 0 Å². The Hall–Kier alpha value is -1.92. The zero-order valence-electron chi connectivity index (χ0n) is 8.22. The summed E-state index contributed by atoms with van der Waals surface area (Å²) in [5.41, 5.74) is 4.40. The summed E-state index contributed by atoms with van der Waals surface area (Å²) in [5.74, 6) is -0.333. The number of ether oxygens (including phenoxy) is 1. The molecule has 86 valence electrons. The number of fused-ring (bicyclic) bond motifs is 1. The number of halogens is 3. The van der Waals surface area contributed by atoms with Crippen molar-refractivity contribution in [2.24, 2.45) is 0 Å². The normalized spacial score (nSPS) is 12.0. The van der Waals surface area contributed by atoms with E-state index in [1.807, 2.05) is 0 Å². The first-order chi connectivity index (χ1) is 7.43. The lowest BCUT2D eigenvalue weighted by atomic mass is 10.1. The number of nitrogens with two attached hydrogens (primary N) is 1. The average molecular weight is 231 g/mol. The molecule has 7 heteroatoms. The molecule has 0 aliphatic heterocycles. The van der Waals surface area contributed by atoms with Gasteiger partial charge in [0.15, 0.2) is 5.95 Å². The maximum absolute atomic E-state index is 12.8. The van der Waals surface area contributed by atoms with Crippen molar-refractivity contribution < 1.29 is 17.9 Å². The second-order valence-electron chi connectivity index (χ2n) is 3.16. The van der Waals surface area contributed by atoms with Gasteiger partial charge in [-0.2, -0.15) is 13.2 Å². The lowest BCUT2D eigenvalue weighted by Crippen LogP contribution is -2.08. The number of imidazole rings is 1. The average Bonchev–Trinajstić information content (AvgIpc) is 2.54. The molecule has 0 fully saturated rings. The topological polar surface area (TPSA) is 63.9 Å². The van der Waals surface area contributed by atoms with Crippen LogP contribution in [0.4, 0.5) is 19.1 Å². The highest BCUT2D eigenvalue weighted by molar-refractivity contribution is 5.83. The lowest BCUT2D eigenvalue weighted by molar-refractivity contribution is -0.137. The Morgan fingerprint density at radius 3 is 2.62 bits per heavy atom. The lowest BCUT2D eigenvalue weighted by Gasteiger charge is -2.11. The van der Waals surface area contributed by atoms with E-state index in [1.54, 1.807) is 0 Å². The van der Waals surface area contributed by atoms with Crippen LogP contribution in [-0.2, 0) is 6.18 Å². The maximum atomic E-state index is 12.8. The molecule has 0 bridgehead atoms. The van der Waals surface area contributed by atoms with Crippen molar-refractivity contribution in [3.05, 3.63) is 17.7 Å². The van der Waals surface area contributed by atoms with Crippen LogP contribution in [0.15, 0.2) is 12.1 Å². The van der Waals surface area contributed by atoms with Crippen LogP contribution in [0.3, 0.4) is 0 Å². The first-order valence-electron chi connectivity index (χ1n) is 4.33. The molecule has 2 aromatic rings. The van der Waals surface area contributed by atoms with Gasteiger partial charge in [0.25, 0.3) is 0 Å². The number of nitrogen functional groups attached to an aromatic ring is 1. The number of benzene rings is 1. The fraction of sp³-hybridized carbons (Fsp3) is 0.222. The van der Waals surface area contributed by atoms with Crippen molar-refractivity contribution >= 4 is 17.0 Å². The third-order valence-corrected chi connectivity index (χ3v) is 2.14. The van der Waals surface area contributed by atoms with Crippen molar-refractivity contribution in [1.82, 2.24) is 9.97 Å². The van der Waals surface area contributed by atoms with Gasteiger partial charge in [0.2, 0.25) is 0 Å². The summed E-state index contributed by atoms with van der Waals surface area (Å²) in [5, 5.41) is 0. The van der Waals surface area contributed by atoms with Gasteiger partial charge in [-0.15, -0.1) is 0 Å². The molecule has 0 spiro atoms. The highest BCUT2D eigenvalue weighted by Crippen LogP contribution is 2.40. The minimum absolute atomic E-state index is 0.0613. The molecular weight excluding hydrogens is 223 g/mol. The van der Waals surface area contributed by atoms with Gasteiger partial charge in [-0.1, -0.05) is 0 Å². The molecule has 1 aromatic heterocycles. The summed E-state index contributed by atoms with van der Waals surface area (Å²) < 4.78 is 43.1. The van der Waals surface area contributed by atoms with E-state index >= 15 is 0 Å². The second-order valence-corrected chi connectivity index (χ2v) is 3.16. The molecule has 0 unspecified atom stereocenters. The fourth-order valence-electron chi connectivity index (χ4n) is 1.52. The third-order valence-electron chi connectivity index (χ3n) is 2.14. The number of methoxy groups -OCH3 is 1. The van der Waals surface area contributed by atoms with Crippen LogP contribution in [0.25, 0.3) is 11.0 Å². The zero-order chi connectivity index (χ0) is 11.9. The van der Waals surface area contributed by atoms with E-state index in [4.69, 9.17) is 5.73 Å². The van der Waals surface area contributed by atoms with E-state index in [-0.39, 0.29) is 22.7 Å². The number of anilines is 1. The van der Waals surface area contributed by atoms with Gasteiger partial charge < -0.3 is 15.5 Å². The number of rotatable bonds is 1. The van der Waals surface area contributed by atoms with E-state index in [2.05, 4.69) is 14.7 Å². The second kappa shape index (κ2) is 3.29. The molecule has 3 N–H and O–H groups in total. The minimum Gasteiger partial charge on any atom is -0.496 e. The van der Waals surface area contributed by atoms with Crippen molar-refractivity contribution in [2.45, 2.75) is 6.18 Å². The van der Waals surface area contributed by atoms with Gasteiger partial charge in [-0.25, -0.2) is 4.98 Å². The van der Waals surface area contributed by atoms with Crippen LogP contribution in [-0.4, -0.2) is 17.1 Å². The Labute approximate surface area is 88.2 Å². The summed E-state index contributed by atoms with van der Waals surface area (Å²) in [6, 6.07) is 2.66. The van der Waals surface area contributed by atoms with Crippen molar-refractivity contribution in [3.63, 3.8) is 0 Å². The van der Waals surface area contributed by atoms with Crippen molar-refractivity contribution in [1.29, 1.82) is 0 Å². The largest absolute Gasteiger partial charge is 0.496 e. The molecule has 0 saturated carbocycles. The summed E-state index contributed by atoms with van der Waals surface area (Å²) in [7, 11) is 1.17. The Bertz CT molecular complexity index is 533. The number of aromatic amines is 1.